The van der Waals surface area contributed by atoms with E-state index in [0.29, 0.717) is 0 Å². The summed E-state index contributed by atoms with van der Waals surface area (Å²) < 4.78 is 0. The summed E-state index contributed by atoms with van der Waals surface area (Å²) in [5.74, 6) is 0. The fourth-order valence-electron chi connectivity index (χ4n) is 2.99. The fourth-order valence-corrected chi connectivity index (χ4v) is 2.99. The lowest BCUT2D eigenvalue weighted by Gasteiger charge is -2.25. The van der Waals surface area contributed by atoms with Crippen LogP contribution < -0.4 is 0 Å². The first-order valence-electron chi connectivity index (χ1n) is 6.17. The number of rotatable bonds is 0. The minimum atomic E-state index is 1.04. The summed E-state index contributed by atoms with van der Waals surface area (Å²) in [5, 5.41) is 0. The van der Waals surface area contributed by atoms with Crippen molar-refractivity contribution in [2.24, 2.45) is 4.99 Å². The van der Waals surface area contributed by atoms with Crippen molar-refractivity contribution in [1.82, 2.24) is 0 Å². The van der Waals surface area contributed by atoms with Crippen molar-refractivity contribution in [2.75, 3.05) is 0 Å². The molecule has 1 aliphatic heterocycles. The van der Waals surface area contributed by atoms with Crippen LogP contribution >= 0.6 is 0 Å². The molecule has 0 amide bonds. The van der Waals surface area contributed by atoms with E-state index >= 15 is 0 Å². The zero-order valence-corrected chi connectivity index (χ0v) is 9.61. The fraction of sp³-hybridized carbons (Fsp3) is 0.188. The van der Waals surface area contributed by atoms with Gasteiger partial charge in [-0.25, -0.2) is 0 Å². The number of nitrogens with zero attached hydrogens (tertiary/aromatic N) is 1. The molecule has 17 heavy (non-hydrogen) atoms. The average molecular weight is 219 g/mol. The van der Waals surface area contributed by atoms with Gasteiger partial charge in [0.2, 0.25) is 0 Å². The van der Waals surface area contributed by atoms with Crippen LogP contribution in [0.3, 0.4) is 0 Å². The maximum absolute atomic E-state index is 4.44. The largest absolute Gasteiger partial charge is 0.260 e. The molecule has 0 spiro atoms. The molecule has 1 aromatic carbocycles. The topological polar surface area (TPSA) is 12.4 Å². The second-order valence-corrected chi connectivity index (χ2v) is 4.84. The van der Waals surface area contributed by atoms with Crippen molar-refractivity contribution in [3.8, 4) is 0 Å². The van der Waals surface area contributed by atoms with E-state index in [-0.39, 0.29) is 0 Å². The summed E-state index contributed by atoms with van der Waals surface area (Å²) in [6.45, 7) is 0. The van der Waals surface area contributed by atoms with E-state index in [2.05, 4.69) is 41.4 Å². The average Bonchev–Trinajstić information content (AvgIpc) is 2.83. The van der Waals surface area contributed by atoms with Crippen molar-refractivity contribution in [3.05, 3.63) is 64.9 Å². The summed E-state index contributed by atoms with van der Waals surface area (Å²) in [6.07, 6.45) is 9.78. The molecule has 0 atom stereocenters. The Kier molecular flexibility index (Phi) is 1.78. The van der Waals surface area contributed by atoms with Crippen LogP contribution in [0.4, 0.5) is 0 Å². The molecule has 0 radical (unpaired) electrons. The Balaban J connectivity index is 1.92. The van der Waals surface area contributed by atoms with E-state index in [0.717, 1.165) is 6.42 Å². The van der Waals surface area contributed by atoms with Gasteiger partial charge in [-0.1, -0.05) is 29.8 Å². The number of fused-ring (bicyclic) bond motifs is 3. The Hall–Kier alpha value is -1.89. The van der Waals surface area contributed by atoms with Crippen LogP contribution in [0.1, 0.15) is 24.0 Å². The monoisotopic (exact) mass is 219 g/mol. The van der Waals surface area contributed by atoms with E-state index in [1.807, 2.05) is 6.20 Å². The molecule has 0 fully saturated rings. The van der Waals surface area contributed by atoms with Crippen molar-refractivity contribution >= 4 is 11.3 Å². The molecule has 0 unspecified atom stereocenters. The van der Waals surface area contributed by atoms with Crippen LogP contribution in [-0.2, 0) is 6.42 Å². The molecule has 1 heteroatoms. The number of hydrogen-bond donors (Lipinski definition) is 0. The minimum absolute atomic E-state index is 1.04. The van der Waals surface area contributed by atoms with Crippen molar-refractivity contribution in [3.63, 3.8) is 0 Å². The zero-order chi connectivity index (χ0) is 11.2. The van der Waals surface area contributed by atoms with Crippen LogP contribution in [0.5, 0.6) is 0 Å². The quantitative estimate of drug-likeness (QED) is 0.631. The molecular formula is C16H13N. The highest BCUT2D eigenvalue weighted by Crippen LogP contribution is 2.39. The van der Waals surface area contributed by atoms with Gasteiger partial charge in [0.15, 0.2) is 0 Å². The SMILES string of the molecule is C1=CC2=CC3=C(CCc4ccccc43)CC2=N1. The highest BCUT2D eigenvalue weighted by Gasteiger charge is 2.24. The normalized spacial score (nSPS) is 20.5. The molecule has 0 bridgehead atoms. The molecule has 1 nitrogen and oxygen atoms in total. The van der Waals surface area contributed by atoms with Gasteiger partial charge in [0.05, 0.1) is 5.71 Å². The van der Waals surface area contributed by atoms with Crippen molar-refractivity contribution in [2.45, 2.75) is 19.3 Å². The summed E-state index contributed by atoms with van der Waals surface area (Å²) in [5.41, 5.74) is 8.50. The lowest BCUT2D eigenvalue weighted by atomic mass is 9.79. The molecule has 3 aliphatic rings. The Morgan fingerprint density at radius 3 is 3.00 bits per heavy atom. The Bertz CT molecular complexity index is 627. The molecule has 1 aromatic rings. The summed E-state index contributed by atoms with van der Waals surface area (Å²) >= 11 is 0. The second-order valence-electron chi connectivity index (χ2n) is 4.84. The van der Waals surface area contributed by atoms with Crippen LogP contribution in [0.15, 0.2) is 58.8 Å². The van der Waals surface area contributed by atoms with Gasteiger partial charge in [-0.3, -0.25) is 4.99 Å². The van der Waals surface area contributed by atoms with Crippen LogP contribution in [-0.4, -0.2) is 5.71 Å². The predicted molar refractivity (Wildman–Crippen MR) is 71.0 cm³/mol. The zero-order valence-electron chi connectivity index (χ0n) is 9.61. The minimum Gasteiger partial charge on any atom is -0.260 e. The predicted octanol–water partition coefficient (Wildman–Crippen LogP) is 3.68. The highest BCUT2D eigenvalue weighted by atomic mass is 14.7. The first-order chi connectivity index (χ1) is 8.42. The van der Waals surface area contributed by atoms with Crippen LogP contribution in [0.25, 0.3) is 5.57 Å². The van der Waals surface area contributed by atoms with Gasteiger partial charge < -0.3 is 0 Å². The Morgan fingerprint density at radius 1 is 1.06 bits per heavy atom. The third kappa shape index (κ3) is 1.29. The van der Waals surface area contributed by atoms with E-state index in [1.165, 1.54) is 40.8 Å². The van der Waals surface area contributed by atoms with Crippen molar-refractivity contribution in [1.29, 1.82) is 0 Å². The van der Waals surface area contributed by atoms with Gasteiger partial charge in [-0.05, 0) is 47.3 Å². The molecule has 0 aromatic heterocycles. The number of hydrogen-bond acceptors (Lipinski definition) is 1. The number of benzene rings is 1. The number of aryl methyl sites for hydroxylation is 1. The summed E-state index contributed by atoms with van der Waals surface area (Å²) in [6, 6.07) is 8.79. The molecular weight excluding hydrogens is 206 g/mol. The van der Waals surface area contributed by atoms with Crippen LogP contribution in [0.2, 0.25) is 0 Å². The number of allylic oxidation sites excluding steroid dienone is 5. The Morgan fingerprint density at radius 2 is 2.00 bits per heavy atom. The van der Waals surface area contributed by atoms with Gasteiger partial charge in [-0.2, -0.15) is 0 Å². The first-order valence-corrected chi connectivity index (χ1v) is 6.17. The Labute approximate surface area is 101 Å². The first kappa shape index (κ1) is 9.17. The van der Waals surface area contributed by atoms with Gasteiger partial charge in [0, 0.05) is 12.6 Å². The van der Waals surface area contributed by atoms with Gasteiger partial charge in [0.1, 0.15) is 0 Å². The lowest BCUT2D eigenvalue weighted by Crippen LogP contribution is -2.12. The second kappa shape index (κ2) is 3.30. The van der Waals surface area contributed by atoms with E-state index in [1.54, 1.807) is 5.57 Å². The molecule has 2 aliphatic carbocycles. The standard InChI is InChI=1S/C16H13N/c1-2-4-14-11(3-1)5-6-12-10-16-13(7-8-17-16)9-15(12)14/h1-4,7-9H,5-6,10H2. The lowest BCUT2D eigenvalue weighted by molar-refractivity contribution is 0.898. The molecule has 4 rings (SSSR count). The van der Waals surface area contributed by atoms with Gasteiger partial charge >= 0.3 is 0 Å². The smallest absolute Gasteiger partial charge is 0.0517 e. The molecule has 82 valence electrons. The highest BCUT2D eigenvalue weighted by molar-refractivity contribution is 6.11. The van der Waals surface area contributed by atoms with E-state index in [9.17, 15) is 0 Å². The van der Waals surface area contributed by atoms with Gasteiger partial charge in [0.25, 0.3) is 0 Å². The molecule has 0 saturated carbocycles. The maximum Gasteiger partial charge on any atom is 0.0517 e. The van der Waals surface area contributed by atoms with Gasteiger partial charge in [-0.15, -0.1) is 0 Å². The van der Waals surface area contributed by atoms with Crippen LogP contribution in [0, 0.1) is 0 Å². The molecule has 0 N–H and O–H groups in total. The van der Waals surface area contributed by atoms with Crippen molar-refractivity contribution < 1.29 is 0 Å². The third-order valence-electron chi connectivity index (χ3n) is 3.88. The maximum atomic E-state index is 4.44. The van der Waals surface area contributed by atoms with E-state index in [4.69, 9.17) is 0 Å². The summed E-state index contributed by atoms with van der Waals surface area (Å²) in [4.78, 5) is 4.44. The molecule has 0 saturated heterocycles. The van der Waals surface area contributed by atoms with E-state index < -0.39 is 0 Å². The molecule has 1 heterocycles. The third-order valence-corrected chi connectivity index (χ3v) is 3.88. The summed E-state index contributed by atoms with van der Waals surface area (Å²) in [7, 11) is 0. The number of aliphatic imine (C=N–C) groups is 1.